The zero-order chi connectivity index (χ0) is 14.7. The van der Waals surface area contributed by atoms with Crippen LogP contribution in [0.4, 0.5) is 0 Å². The summed E-state index contributed by atoms with van der Waals surface area (Å²) >= 11 is 0. The van der Waals surface area contributed by atoms with E-state index in [0.717, 1.165) is 37.2 Å². The largest absolute Gasteiger partial charge is 0.496 e. The van der Waals surface area contributed by atoms with Crippen LogP contribution in [0, 0.1) is 0 Å². The lowest BCUT2D eigenvalue weighted by molar-refractivity contribution is -0.131. The summed E-state index contributed by atoms with van der Waals surface area (Å²) in [7, 11) is 1.68. The van der Waals surface area contributed by atoms with Gasteiger partial charge in [0.15, 0.2) is 0 Å². The van der Waals surface area contributed by atoms with Crippen molar-refractivity contribution in [1.82, 2.24) is 10.2 Å². The molecule has 1 amide bonds. The average molecular weight is 288 g/mol. The van der Waals surface area contributed by atoms with E-state index in [2.05, 4.69) is 5.32 Å². The third-order valence-corrected chi connectivity index (χ3v) is 4.68. The van der Waals surface area contributed by atoms with Gasteiger partial charge in [0.25, 0.3) is 0 Å². The fourth-order valence-corrected chi connectivity index (χ4v) is 3.48. The first-order chi connectivity index (χ1) is 10.3. The number of benzene rings is 1. The molecule has 3 rings (SSSR count). The Labute approximate surface area is 126 Å². The second-order valence-corrected chi connectivity index (χ2v) is 6.08. The highest BCUT2D eigenvalue weighted by Gasteiger charge is 2.30. The molecule has 1 aromatic carbocycles. The number of nitrogens with zero attached hydrogens (tertiary/aromatic N) is 1. The van der Waals surface area contributed by atoms with Gasteiger partial charge in [0, 0.05) is 31.6 Å². The van der Waals surface area contributed by atoms with E-state index in [1.54, 1.807) is 7.11 Å². The van der Waals surface area contributed by atoms with Gasteiger partial charge < -0.3 is 15.0 Å². The van der Waals surface area contributed by atoms with Crippen LogP contribution in [0.15, 0.2) is 24.3 Å². The van der Waals surface area contributed by atoms with E-state index in [0.29, 0.717) is 18.5 Å². The fraction of sp³-hybridized carbons (Fsp3) is 0.588. The van der Waals surface area contributed by atoms with Gasteiger partial charge in [-0.15, -0.1) is 0 Å². The molecule has 1 aromatic rings. The van der Waals surface area contributed by atoms with Gasteiger partial charge in [-0.05, 0) is 37.3 Å². The smallest absolute Gasteiger partial charge is 0.222 e. The normalized spacial score (nSPS) is 24.7. The average Bonchev–Trinajstić information content (AvgIpc) is 2.84. The molecule has 2 fully saturated rings. The van der Waals surface area contributed by atoms with Gasteiger partial charge in [0.1, 0.15) is 5.75 Å². The van der Waals surface area contributed by atoms with E-state index >= 15 is 0 Å². The summed E-state index contributed by atoms with van der Waals surface area (Å²) in [6.45, 7) is 1.78. The minimum absolute atomic E-state index is 0.273. The van der Waals surface area contributed by atoms with Crippen molar-refractivity contribution in [3.8, 4) is 5.75 Å². The van der Waals surface area contributed by atoms with Gasteiger partial charge in [-0.2, -0.15) is 0 Å². The summed E-state index contributed by atoms with van der Waals surface area (Å²) in [6, 6.07) is 9.08. The minimum Gasteiger partial charge on any atom is -0.496 e. The molecule has 1 N–H and O–H groups in total. The zero-order valence-electron chi connectivity index (χ0n) is 12.7. The number of ether oxygens (including phenoxy) is 1. The van der Waals surface area contributed by atoms with Gasteiger partial charge >= 0.3 is 0 Å². The first-order valence-corrected chi connectivity index (χ1v) is 7.92. The summed E-state index contributed by atoms with van der Waals surface area (Å²) in [4.78, 5) is 14.5. The van der Waals surface area contributed by atoms with Crippen LogP contribution in [0.3, 0.4) is 0 Å². The highest BCUT2D eigenvalue weighted by Crippen LogP contribution is 2.22. The van der Waals surface area contributed by atoms with Crippen molar-refractivity contribution < 1.29 is 9.53 Å². The monoisotopic (exact) mass is 288 g/mol. The Morgan fingerprint density at radius 1 is 1.29 bits per heavy atom. The van der Waals surface area contributed by atoms with Crippen molar-refractivity contribution in [3.05, 3.63) is 29.8 Å². The summed E-state index contributed by atoms with van der Waals surface area (Å²) in [5.74, 6) is 1.15. The topological polar surface area (TPSA) is 41.6 Å². The van der Waals surface area contributed by atoms with Gasteiger partial charge in [0.05, 0.1) is 7.11 Å². The molecular weight excluding hydrogens is 264 g/mol. The molecule has 0 aromatic heterocycles. The first-order valence-electron chi connectivity index (χ1n) is 7.92. The summed E-state index contributed by atoms with van der Waals surface area (Å²) in [6.07, 6.45) is 4.89. The highest BCUT2D eigenvalue weighted by molar-refractivity contribution is 5.76. The lowest BCUT2D eigenvalue weighted by Crippen LogP contribution is -2.39. The Kier molecular flexibility index (Phi) is 4.44. The maximum Gasteiger partial charge on any atom is 0.222 e. The maximum absolute atomic E-state index is 12.5. The molecule has 0 spiro atoms. The summed E-state index contributed by atoms with van der Waals surface area (Å²) in [5.41, 5.74) is 1.11. The fourth-order valence-electron chi connectivity index (χ4n) is 3.48. The van der Waals surface area contributed by atoms with E-state index in [4.69, 9.17) is 4.74 Å². The van der Waals surface area contributed by atoms with Crippen molar-refractivity contribution in [2.75, 3.05) is 20.2 Å². The molecular formula is C17H24N2O2. The van der Waals surface area contributed by atoms with Gasteiger partial charge in [-0.25, -0.2) is 0 Å². The van der Waals surface area contributed by atoms with Crippen LogP contribution in [0.1, 0.15) is 31.2 Å². The van der Waals surface area contributed by atoms with Gasteiger partial charge in [0.2, 0.25) is 5.91 Å². The Morgan fingerprint density at radius 2 is 2.10 bits per heavy atom. The number of fused-ring (bicyclic) bond motifs is 2. The Morgan fingerprint density at radius 3 is 2.95 bits per heavy atom. The van der Waals surface area contributed by atoms with Crippen LogP contribution in [0.5, 0.6) is 5.75 Å². The quantitative estimate of drug-likeness (QED) is 0.921. The van der Waals surface area contributed by atoms with Crippen molar-refractivity contribution in [3.63, 3.8) is 0 Å². The summed E-state index contributed by atoms with van der Waals surface area (Å²) < 4.78 is 5.35. The predicted octanol–water partition coefficient (Wildman–Crippen LogP) is 1.98. The number of carbonyl (C=O) groups is 1. The second-order valence-electron chi connectivity index (χ2n) is 6.08. The molecule has 0 aliphatic carbocycles. The number of hydrogen-bond donors (Lipinski definition) is 1. The molecule has 4 nitrogen and oxygen atoms in total. The number of rotatable bonds is 4. The number of hydrogen-bond acceptors (Lipinski definition) is 3. The number of para-hydroxylation sites is 1. The SMILES string of the molecule is COc1ccccc1CCC(=O)N1CCC2CCC(C1)N2. The van der Waals surface area contributed by atoms with E-state index in [9.17, 15) is 4.79 Å². The number of methoxy groups -OCH3 is 1. The maximum atomic E-state index is 12.5. The van der Waals surface area contributed by atoms with E-state index in [1.165, 1.54) is 12.8 Å². The van der Waals surface area contributed by atoms with Crippen LogP contribution in [-0.2, 0) is 11.2 Å². The number of aryl methyl sites for hydroxylation is 1. The third kappa shape index (κ3) is 3.38. The molecule has 2 unspecified atom stereocenters. The molecule has 21 heavy (non-hydrogen) atoms. The van der Waals surface area contributed by atoms with Crippen molar-refractivity contribution in [2.24, 2.45) is 0 Å². The van der Waals surface area contributed by atoms with Crippen molar-refractivity contribution >= 4 is 5.91 Å². The van der Waals surface area contributed by atoms with E-state index < -0.39 is 0 Å². The molecule has 2 saturated heterocycles. The molecule has 2 aliphatic heterocycles. The van der Waals surface area contributed by atoms with Crippen LogP contribution in [-0.4, -0.2) is 43.1 Å². The Hall–Kier alpha value is -1.55. The molecule has 2 atom stereocenters. The molecule has 4 heteroatoms. The van der Waals surface area contributed by atoms with Crippen LogP contribution in [0.25, 0.3) is 0 Å². The van der Waals surface area contributed by atoms with Crippen molar-refractivity contribution in [2.45, 2.75) is 44.2 Å². The lowest BCUT2D eigenvalue weighted by atomic mass is 10.1. The number of likely N-dealkylation sites (tertiary alicyclic amines) is 1. The van der Waals surface area contributed by atoms with Crippen LogP contribution in [0.2, 0.25) is 0 Å². The number of carbonyl (C=O) groups excluding carboxylic acids is 1. The minimum atomic E-state index is 0.273. The molecule has 2 aliphatic rings. The number of amides is 1. The summed E-state index contributed by atoms with van der Waals surface area (Å²) in [5, 5.41) is 3.62. The number of nitrogens with one attached hydrogen (secondary N) is 1. The lowest BCUT2D eigenvalue weighted by Gasteiger charge is -2.24. The molecule has 114 valence electrons. The second kappa shape index (κ2) is 6.48. The molecule has 2 bridgehead atoms. The van der Waals surface area contributed by atoms with Crippen LogP contribution < -0.4 is 10.1 Å². The third-order valence-electron chi connectivity index (χ3n) is 4.68. The Bertz CT molecular complexity index is 503. The predicted molar refractivity (Wildman–Crippen MR) is 82.5 cm³/mol. The molecule has 0 saturated carbocycles. The van der Waals surface area contributed by atoms with Crippen LogP contribution >= 0.6 is 0 Å². The molecule has 0 radical (unpaired) electrons. The Balaban J connectivity index is 1.56. The van der Waals surface area contributed by atoms with Crippen molar-refractivity contribution in [1.29, 1.82) is 0 Å². The van der Waals surface area contributed by atoms with E-state index in [1.807, 2.05) is 29.2 Å². The zero-order valence-corrected chi connectivity index (χ0v) is 12.7. The first kappa shape index (κ1) is 14.4. The molecule has 2 heterocycles. The standard InChI is InChI=1S/C17H24N2O2/c1-21-16-5-3-2-4-13(16)6-9-17(20)19-11-10-14-7-8-15(12-19)18-14/h2-5,14-15,18H,6-12H2,1H3. The van der Waals surface area contributed by atoms with E-state index in [-0.39, 0.29) is 5.91 Å². The van der Waals surface area contributed by atoms with Gasteiger partial charge in [-0.1, -0.05) is 18.2 Å². The van der Waals surface area contributed by atoms with Gasteiger partial charge in [-0.3, -0.25) is 4.79 Å². The highest BCUT2D eigenvalue weighted by atomic mass is 16.5.